The van der Waals surface area contributed by atoms with E-state index in [1.807, 2.05) is 6.92 Å². The van der Waals surface area contributed by atoms with Crippen LogP contribution in [-0.4, -0.2) is 18.5 Å². The third-order valence-corrected chi connectivity index (χ3v) is 4.87. The normalized spacial score (nSPS) is 11.9. The third-order valence-electron chi connectivity index (χ3n) is 2.45. The first-order valence-corrected chi connectivity index (χ1v) is 7.83. The highest BCUT2D eigenvalue weighted by Gasteiger charge is 2.21. The summed E-state index contributed by atoms with van der Waals surface area (Å²) in [4.78, 5) is 5.15. The van der Waals surface area contributed by atoms with Crippen molar-refractivity contribution in [3.63, 3.8) is 0 Å². The molecular weight excluding hydrogens is 288 g/mol. The average molecular weight is 302 g/mol. The van der Waals surface area contributed by atoms with E-state index in [0.29, 0.717) is 5.01 Å². The van der Waals surface area contributed by atoms with Gasteiger partial charge in [0.1, 0.15) is 28.0 Å². The van der Waals surface area contributed by atoms with Gasteiger partial charge in [-0.25, -0.2) is 18.1 Å². The van der Waals surface area contributed by atoms with Crippen LogP contribution in [0.4, 0.5) is 0 Å². The Morgan fingerprint density at radius 1 is 1.47 bits per heavy atom. The smallest absolute Gasteiger partial charge is 0.244 e. The van der Waals surface area contributed by atoms with E-state index in [4.69, 9.17) is 9.52 Å². The first-order chi connectivity index (χ1) is 8.92. The number of aromatic nitrogens is 1. The second-order valence-electron chi connectivity index (χ2n) is 3.98. The molecule has 0 bridgehead atoms. The Bertz CT molecular complexity index is 673. The highest BCUT2D eigenvalue weighted by molar-refractivity contribution is 7.89. The predicted molar refractivity (Wildman–Crippen MR) is 70.2 cm³/mol. The summed E-state index contributed by atoms with van der Waals surface area (Å²) >= 11 is 1.44. The van der Waals surface area contributed by atoms with Crippen molar-refractivity contribution in [1.29, 1.82) is 0 Å². The largest absolute Gasteiger partial charge is 0.462 e. The molecule has 2 heterocycles. The molecule has 6 nitrogen and oxygen atoms in total. The molecule has 0 spiro atoms. The summed E-state index contributed by atoms with van der Waals surface area (Å²) in [5.74, 6) is 0.481. The molecule has 2 N–H and O–H groups in total. The Labute approximate surface area is 115 Å². The minimum absolute atomic E-state index is 0.0461. The van der Waals surface area contributed by atoms with Gasteiger partial charge < -0.3 is 9.52 Å². The van der Waals surface area contributed by atoms with Crippen LogP contribution in [0, 0.1) is 13.8 Å². The Morgan fingerprint density at radius 2 is 2.21 bits per heavy atom. The molecule has 2 aromatic heterocycles. The lowest BCUT2D eigenvalue weighted by molar-refractivity contribution is 0.244. The summed E-state index contributed by atoms with van der Waals surface area (Å²) in [7, 11) is -3.66. The maximum atomic E-state index is 12.1. The van der Waals surface area contributed by atoms with Crippen LogP contribution in [-0.2, 0) is 23.2 Å². The van der Waals surface area contributed by atoms with E-state index in [2.05, 4.69) is 9.71 Å². The van der Waals surface area contributed by atoms with Crippen LogP contribution in [0.1, 0.15) is 21.4 Å². The van der Waals surface area contributed by atoms with Crippen molar-refractivity contribution >= 4 is 21.4 Å². The zero-order valence-corrected chi connectivity index (χ0v) is 12.1. The fourth-order valence-corrected chi connectivity index (χ4v) is 3.59. The van der Waals surface area contributed by atoms with Gasteiger partial charge in [-0.05, 0) is 13.8 Å². The lowest BCUT2D eigenvalue weighted by Gasteiger charge is -2.03. The van der Waals surface area contributed by atoms with Gasteiger partial charge in [0.25, 0.3) is 0 Å². The molecule has 0 saturated heterocycles. The Kier molecular flexibility index (Phi) is 4.04. The predicted octanol–water partition coefficient (Wildman–Crippen LogP) is 1.32. The van der Waals surface area contributed by atoms with Gasteiger partial charge >= 0.3 is 0 Å². The van der Waals surface area contributed by atoms with Gasteiger partial charge in [-0.3, -0.25) is 0 Å². The minimum Gasteiger partial charge on any atom is -0.462 e. The number of nitrogens with zero attached hydrogens (tertiary/aromatic N) is 1. The van der Waals surface area contributed by atoms with Crippen LogP contribution in [0.2, 0.25) is 0 Å². The molecule has 0 unspecified atom stereocenters. The molecule has 0 aliphatic heterocycles. The molecule has 0 saturated carbocycles. The molecule has 104 valence electrons. The standard InChI is InChI=1S/C11H14N2O4S2/c1-7-4-12-11(18-7)5-13-19(15,16)10-3-9(6-14)17-8(10)2/h3-4,13-14H,5-6H2,1-2H3. The first-order valence-electron chi connectivity index (χ1n) is 5.53. The van der Waals surface area contributed by atoms with Gasteiger partial charge in [0, 0.05) is 17.1 Å². The van der Waals surface area contributed by atoms with E-state index < -0.39 is 10.0 Å². The summed E-state index contributed by atoms with van der Waals surface area (Å²) in [6.45, 7) is 3.26. The van der Waals surface area contributed by atoms with Gasteiger partial charge in [-0.2, -0.15) is 0 Å². The van der Waals surface area contributed by atoms with Crippen molar-refractivity contribution in [1.82, 2.24) is 9.71 Å². The summed E-state index contributed by atoms with van der Waals surface area (Å²) in [6.07, 6.45) is 1.70. The molecule has 0 amide bonds. The summed E-state index contributed by atoms with van der Waals surface area (Å²) in [5.41, 5.74) is 0. The molecule has 8 heteroatoms. The highest BCUT2D eigenvalue weighted by atomic mass is 32.2. The molecule has 0 radical (unpaired) electrons. The lowest BCUT2D eigenvalue weighted by Crippen LogP contribution is -2.23. The second kappa shape index (κ2) is 5.41. The number of hydrogen-bond donors (Lipinski definition) is 2. The Balaban J connectivity index is 2.15. The number of nitrogens with one attached hydrogen (secondary N) is 1. The Morgan fingerprint density at radius 3 is 2.74 bits per heavy atom. The van der Waals surface area contributed by atoms with E-state index in [-0.39, 0.29) is 29.6 Å². The number of thiazole rings is 1. The number of rotatable bonds is 5. The fraction of sp³-hybridized carbons (Fsp3) is 0.364. The van der Waals surface area contributed by atoms with Gasteiger partial charge in [0.2, 0.25) is 10.0 Å². The summed E-state index contributed by atoms with van der Waals surface area (Å²) in [6, 6.07) is 1.32. The van der Waals surface area contributed by atoms with Crippen LogP contribution in [0.5, 0.6) is 0 Å². The van der Waals surface area contributed by atoms with Crippen LogP contribution in [0.15, 0.2) is 21.6 Å². The zero-order valence-electron chi connectivity index (χ0n) is 10.5. The van der Waals surface area contributed by atoms with E-state index in [9.17, 15) is 8.42 Å². The van der Waals surface area contributed by atoms with Crippen LogP contribution in [0.3, 0.4) is 0 Å². The molecule has 0 aliphatic rings. The monoisotopic (exact) mass is 302 g/mol. The SMILES string of the molecule is Cc1cnc(CNS(=O)(=O)c2cc(CO)oc2C)s1. The number of aliphatic hydroxyl groups excluding tert-OH is 1. The van der Waals surface area contributed by atoms with Crippen molar-refractivity contribution in [2.45, 2.75) is 31.9 Å². The number of aryl methyl sites for hydroxylation is 2. The highest BCUT2D eigenvalue weighted by Crippen LogP contribution is 2.20. The van der Waals surface area contributed by atoms with E-state index in [1.165, 1.54) is 17.4 Å². The van der Waals surface area contributed by atoms with E-state index in [1.54, 1.807) is 13.1 Å². The van der Waals surface area contributed by atoms with Gasteiger partial charge in [-0.1, -0.05) is 0 Å². The van der Waals surface area contributed by atoms with Crippen LogP contribution in [0.25, 0.3) is 0 Å². The summed E-state index contributed by atoms with van der Waals surface area (Å²) < 4.78 is 31.8. The fourth-order valence-electron chi connectivity index (χ4n) is 1.59. The maximum absolute atomic E-state index is 12.1. The van der Waals surface area contributed by atoms with E-state index in [0.717, 1.165) is 4.88 Å². The molecule has 0 fully saturated rings. The van der Waals surface area contributed by atoms with Crippen LogP contribution >= 0.6 is 11.3 Å². The van der Waals surface area contributed by atoms with Gasteiger partial charge in [-0.15, -0.1) is 11.3 Å². The third kappa shape index (κ3) is 3.21. The average Bonchev–Trinajstić information content (AvgIpc) is 2.93. The number of hydrogen-bond acceptors (Lipinski definition) is 6. The second-order valence-corrected chi connectivity index (χ2v) is 7.04. The molecule has 0 aliphatic carbocycles. The zero-order chi connectivity index (χ0) is 14.0. The molecule has 2 rings (SSSR count). The topological polar surface area (TPSA) is 92.4 Å². The molecule has 0 atom stereocenters. The van der Waals surface area contributed by atoms with Crippen molar-refractivity contribution < 1.29 is 17.9 Å². The van der Waals surface area contributed by atoms with Crippen molar-refractivity contribution in [2.75, 3.05) is 0 Å². The first kappa shape index (κ1) is 14.2. The van der Waals surface area contributed by atoms with Crippen molar-refractivity contribution in [3.05, 3.63) is 33.7 Å². The molecule has 2 aromatic rings. The Hall–Kier alpha value is -1.22. The quantitative estimate of drug-likeness (QED) is 0.869. The van der Waals surface area contributed by atoms with Crippen molar-refractivity contribution in [3.8, 4) is 0 Å². The lowest BCUT2D eigenvalue weighted by atomic mass is 10.4. The molecule has 19 heavy (non-hydrogen) atoms. The number of aliphatic hydroxyl groups is 1. The van der Waals surface area contributed by atoms with Crippen LogP contribution < -0.4 is 4.72 Å². The van der Waals surface area contributed by atoms with Crippen molar-refractivity contribution in [2.24, 2.45) is 0 Å². The van der Waals surface area contributed by atoms with Gasteiger partial charge in [0.05, 0.1) is 6.54 Å². The van der Waals surface area contributed by atoms with E-state index >= 15 is 0 Å². The molecular formula is C11H14N2O4S2. The summed E-state index contributed by atoms with van der Waals surface area (Å²) in [5, 5.41) is 9.63. The maximum Gasteiger partial charge on any atom is 0.244 e. The number of furan rings is 1. The minimum atomic E-state index is -3.66. The van der Waals surface area contributed by atoms with Gasteiger partial charge in [0.15, 0.2) is 0 Å². The molecule has 0 aromatic carbocycles. The number of sulfonamides is 1.